The third-order valence-electron chi connectivity index (χ3n) is 3.07. The molecule has 17 heavy (non-hydrogen) atoms. The molecular formula is C12H22O4Si. The number of rotatable bonds is 5. The summed E-state index contributed by atoms with van der Waals surface area (Å²) in [6.45, 7) is 12.0. The fourth-order valence-electron chi connectivity index (χ4n) is 0.966. The van der Waals surface area contributed by atoms with Gasteiger partial charge in [0.15, 0.2) is 14.1 Å². The van der Waals surface area contributed by atoms with Gasteiger partial charge in [0.2, 0.25) is 0 Å². The Balaban J connectivity index is 4.60. The Labute approximate surface area is 104 Å². The molecule has 0 aromatic heterocycles. The molecule has 0 aliphatic carbocycles. The lowest BCUT2D eigenvalue weighted by molar-refractivity contribution is -0.131. The average Bonchev–Trinajstić information content (AvgIpc) is 2.11. The molecule has 0 unspecified atom stereocenters. The molecule has 5 heteroatoms. The second-order valence-corrected chi connectivity index (χ2v) is 10.4. The van der Waals surface area contributed by atoms with Crippen LogP contribution in [-0.4, -0.2) is 31.3 Å². The molecule has 0 rings (SSSR count). The van der Waals surface area contributed by atoms with E-state index in [1.807, 2.05) is 0 Å². The van der Waals surface area contributed by atoms with Gasteiger partial charge in [-0.25, -0.2) is 4.79 Å². The highest BCUT2D eigenvalue weighted by Crippen LogP contribution is 2.37. The number of hydrogen-bond donors (Lipinski definition) is 1. The quantitative estimate of drug-likeness (QED) is 0.608. The molecule has 0 saturated heterocycles. The molecule has 0 bridgehead atoms. The Bertz CT molecular complexity index is 326. The van der Waals surface area contributed by atoms with Gasteiger partial charge in [-0.2, -0.15) is 0 Å². The van der Waals surface area contributed by atoms with E-state index in [1.165, 1.54) is 0 Å². The van der Waals surface area contributed by atoms with Crippen LogP contribution in [0.5, 0.6) is 0 Å². The Morgan fingerprint density at radius 2 is 1.71 bits per heavy atom. The molecule has 0 aliphatic heterocycles. The molecule has 1 N–H and O–H groups in total. The molecule has 0 aromatic carbocycles. The Morgan fingerprint density at radius 3 is 2.06 bits per heavy atom. The van der Waals surface area contributed by atoms with Gasteiger partial charge in [-0.3, -0.25) is 4.79 Å². The molecular weight excluding hydrogens is 236 g/mol. The van der Waals surface area contributed by atoms with Crippen LogP contribution in [0.25, 0.3) is 0 Å². The molecule has 4 nitrogen and oxygen atoms in total. The van der Waals surface area contributed by atoms with Crippen LogP contribution in [-0.2, 0) is 14.0 Å². The smallest absolute Gasteiger partial charge is 0.328 e. The summed E-state index contributed by atoms with van der Waals surface area (Å²) in [5, 5.41) is 8.46. The van der Waals surface area contributed by atoms with E-state index in [2.05, 4.69) is 33.9 Å². The van der Waals surface area contributed by atoms with Gasteiger partial charge in [-0.1, -0.05) is 20.8 Å². The predicted molar refractivity (Wildman–Crippen MR) is 69.5 cm³/mol. The molecule has 0 saturated carbocycles. The van der Waals surface area contributed by atoms with Crippen molar-refractivity contribution in [3.63, 3.8) is 0 Å². The number of carboxylic acid groups (broad SMARTS) is 1. The van der Waals surface area contributed by atoms with Crippen molar-refractivity contribution in [1.82, 2.24) is 0 Å². The SMILES string of the molecule is C[C@H](O[Si](C)(C)C(C)(C)C)C(=O)/C=C/C(=O)O. The van der Waals surface area contributed by atoms with Crippen molar-refractivity contribution in [2.24, 2.45) is 0 Å². The second kappa shape index (κ2) is 5.60. The largest absolute Gasteiger partial charge is 0.478 e. The fraction of sp³-hybridized carbons (Fsp3) is 0.667. The summed E-state index contributed by atoms with van der Waals surface area (Å²) in [7, 11) is -1.99. The van der Waals surface area contributed by atoms with Gasteiger partial charge in [0.05, 0.1) is 0 Å². The zero-order valence-corrected chi connectivity index (χ0v) is 12.4. The first-order chi connectivity index (χ1) is 7.47. The van der Waals surface area contributed by atoms with Gasteiger partial charge in [0, 0.05) is 6.08 Å². The lowest BCUT2D eigenvalue weighted by atomic mass is 10.2. The summed E-state index contributed by atoms with van der Waals surface area (Å²) in [5.74, 6) is -1.44. The zero-order chi connectivity index (χ0) is 13.9. The van der Waals surface area contributed by atoms with Gasteiger partial charge >= 0.3 is 5.97 Å². The van der Waals surface area contributed by atoms with E-state index in [1.54, 1.807) is 6.92 Å². The minimum Gasteiger partial charge on any atom is -0.478 e. The van der Waals surface area contributed by atoms with Crippen LogP contribution in [0, 0.1) is 0 Å². The van der Waals surface area contributed by atoms with Gasteiger partial charge < -0.3 is 9.53 Å². The lowest BCUT2D eigenvalue weighted by Crippen LogP contribution is -2.44. The topological polar surface area (TPSA) is 63.6 Å². The summed E-state index contributed by atoms with van der Waals surface area (Å²) in [6.07, 6.45) is 1.31. The molecule has 0 aromatic rings. The summed E-state index contributed by atoms with van der Waals surface area (Å²) in [6, 6.07) is 0. The Morgan fingerprint density at radius 1 is 1.24 bits per heavy atom. The van der Waals surface area contributed by atoms with Crippen LogP contribution >= 0.6 is 0 Å². The van der Waals surface area contributed by atoms with E-state index >= 15 is 0 Å². The summed E-state index contributed by atoms with van der Waals surface area (Å²) < 4.78 is 5.84. The summed E-state index contributed by atoms with van der Waals surface area (Å²) in [4.78, 5) is 21.9. The van der Waals surface area contributed by atoms with E-state index in [9.17, 15) is 9.59 Å². The van der Waals surface area contributed by atoms with Crippen LogP contribution in [0.4, 0.5) is 0 Å². The fourth-order valence-corrected chi connectivity index (χ4v) is 2.32. The Kier molecular flexibility index (Phi) is 5.29. The van der Waals surface area contributed by atoms with Crippen LogP contribution in [0.15, 0.2) is 12.2 Å². The third-order valence-corrected chi connectivity index (χ3v) is 7.62. The normalized spacial score (nSPS) is 14.9. The predicted octanol–water partition coefficient (Wildman–Crippen LogP) is 2.61. The van der Waals surface area contributed by atoms with Crippen molar-refractivity contribution < 1.29 is 19.1 Å². The van der Waals surface area contributed by atoms with E-state index in [-0.39, 0.29) is 10.8 Å². The number of carboxylic acids is 1. The van der Waals surface area contributed by atoms with Crippen molar-refractivity contribution in [1.29, 1.82) is 0 Å². The maximum absolute atomic E-state index is 11.6. The molecule has 1 atom stereocenters. The van der Waals surface area contributed by atoms with E-state index in [4.69, 9.17) is 9.53 Å². The number of hydrogen-bond acceptors (Lipinski definition) is 3. The van der Waals surface area contributed by atoms with Gasteiger partial charge in [-0.05, 0) is 31.1 Å². The van der Waals surface area contributed by atoms with E-state index in [0.29, 0.717) is 0 Å². The first kappa shape index (κ1) is 16.1. The highest BCUT2D eigenvalue weighted by Gasteiger charge is 2.39. The lowest BCUT2D eigenvalue weighted by Gasteiger charge is -2.37. The van der Waals surface area contributed by atoms with Crippen molar-refractivity contribution >= 4 is 20.1 Å². The summed E-state index contributed by atoms with van der Waals surface area (Å²) >= 11 is 0. The van der Waals surface area contributed by atoms with Crippen molar-refractivity contribution in [3.05, 3.63) is 12.2 Å². The molecule has 0 aliphatic rings. The maximum Gasteiger partial charge on any atom is 0.328 e. The first-order valence-corrected chi connectivity index (χ1v) is 8.51. The zero-order valence-electron chi connectivity index (χ0n) is 11.4. The van der Waals surface area contributed by atoms with Crippen molar-refractivity contribution in [2.75, 3.05) is 0 Å². The number of carbonyl (C=O) groups excluding carboxylic acids is 1. The highest BCUT2D eigenvalue weighted by molar-refractivity contribution is 6.74. The molecule has 0 radical (unpaired) electrons. The molecule has 98 valence electrons. The number of carbonyl (C=O) groups is 2. The monoisotopic (exact) mass is 258 g/mol. The minimum atomic E-state index is -1.99. The molecule has 0 amide bonds. The van der Waals surface area contributed by atoms with Gasteiger partial charge in [0.1, 0.15) is 6.10 Å². The van der Waals surface area contributed by atoms with Crippen molar-refractivity contribution in [3.8, 4) is 0 Å². The van der Waals surface area contributed by atoms with Crippen molar-refractivity contribution in [2.45, 2.75) is 51.9 Å². The molecule has 0 heterocycles. The third kappa shape index (κ3) is 5.28. The van der Waals surface area contributed by atoms with Crippen LogP contribution in [0.3, 0.4) is 0 Å². The number of ketones is 1. The van der Waals surface area contributed by atoms with Crippen LogP contribution < -0.4 is 0 Å². The average molecular weight is 258 g/mol. The first-order valence-electron chi connectivity index (χ1n) is 5.60. The molecule has 0 spiro atoms. The maximum atomic E-state index is 11.6. The van der Waals surface area contributed by atoms with Gasteiger partial charge in [0.25, 0.3) is 0 Å². The van der Waals surface area contributed by atoms with E-state index in [0.717, 1.165) is 12.2 Å². The Hall–Kier alpha value is -0.943. The minimum absolute atomic E-state index is 0.0258. The van der Waals surface area contributed by atoms with E-state index < -0.39 is 20.4 Å². The second-order valence-electron chi connectivity index (χ2n) is 5.59. The number of aliphatic carboxylic acids is 1. The van der Waals surface area contributed by atoms with Crippen LogP contribution in [0.2, 0.25) is 18.1 Å². The standard InChI is InChI=1S/C12H22O4Si/c1-9(10(13)7-8-11(14)15)16-17(5,6)12(2,3)4/h7-9H,1-6H3,(H,14,15)/b8-7+/t9-/m0/s1. The van der Waals surface area contributed by atoms with Crippen LogP contribution in [0.1, 0.15) is 27.7 Å². The highest BCUT2D eigenvalue weighted by atomic mass is 28.4. The van der Waals surface area contributed by atoms with Gasteiger partial charge in [-0.15, -0.1) is 0 Å². The molecule has 0 fully saturated rings. The summed E-state index contributed by atoms with van der Waals surface area (Å²) in [5.41, 5.74) is 0.